The number of nitrogens with two attached hydrogens (primary N) is 1. The number of benzene rings is 2. The molecule has 102 valence electrons. The van der Waals surface area contributed by atoms with Gasteiger partial charge in [-0.2, -0.15) is 0 Å². The molecule has 0 saturated carbocycles. The van der Waals surface area contributed by atoms with Crippen LogP contribution >= 0.6 is 15.9 Å². The summed E-state index contributed by atoms with van der Waals surface area (Å²) in [5.74, 6) is 0.760. The molecule has 4 heteroatoms. The first kappa shape index (κ1) is 13.2. The van der Waals surface area contributed by atoms with Crippen molar-refractivity contribution in [3.8, 4) is 5.75 Å². The summed E-state index contributed by atoms with van der Waals surface area (Å²) in [6.07, 6.45) is 0.701. The van der Waals surface area contributed by atoms with Crippen molar-refractivity contribution in [1.82, 2.24) is 0 Å². The number of halogens is 1. The molecule has 0 fully saturated rings. The quantitative estimate of drug-likeness (QED) is 0.673. The van der Waals surface area contributed by atoms with Crippen LogP contribution in [0, 0.1) is 0 Å². The lowest BCUT2D eigenvalue weighted by Gasteiger charge is -2.25. The van der Waals surface area contributed by atoms with Gasteiger partial charge in [0.1, 0.15) is 5.75 Å². The number of carbonyl (C=O) groups is 1. The molecule has 2 aromatic carbocycles. The van der Waals surface area contributed by atoms with Crippen molar-refractivity contribution < 1.29 is 9.53 Å². The third-order valence-corrected chi connectivity index (χ3v) is 4.19. The average Bonchev–Trinajstić information content (AvgIpc) is 2.46. The summed E-state index contributed by atoms with van der Waals surface area (Å²) < 4.78 is 6.35. The zero-order valence-electron chi connectivity index (χ0n) is 10.8. The normalized spacial score (nSPS) is 17.1. The minimum Gasteiger partial charge on any atom is -0.493 e. The van der Waals surface area contributed by atoms with Crippen molar-refractivity contribution in [2.75, 3.05) is 12.3 Å². The van der Waals surface area contributed by atoms with Crippen molar-refractivity contribution in [2.45, 2.75) is 12.3 Å². The summed E-state index contributed by atoms with van der Waals surface area (Å²) in [5, 5.41) is 0. The van der Waals surface area contributed by atoms with Crippen LogP contribution in [0.1, 0.15) is 28.3 Å². The van der Waals surface area contributed by atoms with Crippen molar-refractivity contribution in [2.24, 2.45) is 0 Å². The van der Waals surface area contributed by atoms with Crippen LogP contribution in [0.4, 0.5) is 5.69 Å². The van der Waals surface area contributed by atoms with Gasteiger partial charge >= 0.3 is 0 Å². The first-order valence-electron chi connectivity index (χ1n) is 6.48. The SMILES string of the molecule is Nc1ccc(C(=O)C2CCOc3ccccc32)c(Br)c1. The highest BCUT2D eigenvalue weighted by Crippen LogP contribution is 2.36. The van der Waals surface area contributed by atoms with Crippen LogP contribution in [-0.4, -0.2) is 12.4 Å². The average molecular weight is 332 g/mol. The molecule has 3 rings (SSSR count). The number of hydrogen-bond donors (Lipinski definition) is 1. The molecule has 1 aliphatic rings. The Kier molecular flexibility index (Phi) is 3.49. The van der Waals surface area contributed by atoms with Crippen molar-refractivity contribution in [3.63, 3.8) is 0 Å². The number of rotatable bonds is 2. The molecular formula is C16H14BrNO2. The molecular weight excluding hydrogens is 318 g/mol. The molecule has 2 aromatic rings. The number of nitrogen functional groups attached to an aromatic ring is 1. The fourth-order valence-electron chi connectivity index (χ4n) is 2.53. The van der Waals surface area contributed by atoms with Crippen molar-refractivity contribution in [3.05, 3.63) is 58.1 Å². The maximum atomic E-state index is 12.8. The summed E-state index contributed by atoms with van der Waals surface area (Å²) in [6.45, 7) is 0.569. The molecule has 2 N–H and O–H groups in total. The Bertz CT molecular complexity index is 669. The molecule has 1 heterocycles. The van der Waals surface area contributed by atoms with Gasteiger partial charge < -0.3 is 10.5 Å². The topological polar surface area (TPSA) is 52.3 Å². The molecule has 0 bridgehead atoms. The van der Waals surface area contributed by atoms with Crippen LogP contribution in [-0.2, 0) is 0 Å². The largest absolute Gasteiger partial charge is 0.493 e. The molecule has 0 aromatic heterocycles. The predicted octanol–water partition coefficient (Wildman–Crippen LogP) is 3.78. The lowest BCUT2D eigenvalue weighted by Crippen LogP contribution is -2.21. The lowest BCUT2D eigenvalue weighted by atomic mass is 9.86. The van der Waals surface area contributed by atoms with Crippen LogP contribution < -0.4 is 10.5 Å². The molecule has 20 heavy (non-hydrogen) atoms. The summed E-state index contributed by atoms with van der Waals surface area (Å²) in [4.78, 5) is 12.8. The van der Waals surface area contributed by atoms with Crippen molar-refractivity contribution in [1.29, 1.82) is 0 Å². The molecule has 0 aliphatic carbocycles. The van der Waals surface area contributed by atoms with E-state index in [9.17, 15) is 4.79 Å². The second kappa shape index (κ2) is 5.29. The number of Topliss-reactive ketones (excluding diaryl/α,β-unsaturated/α-hetero) is 1. The van der Waals surface area contributed by atoms with Crippen LogP contribution in [0.15, 0.2) is 46.9 Å². The van der Waals surface area contributed by atoms with E-state index in [1.807, 2.05) is 24.3 Å². The van der Waals surface area contributed by atoms with E-state index in [2.05, 4.69) is 15.9 Å². The number of fused-ring (bicyclic) bond motifs is 1. The van der Waals surface area contributed by atoms with E-state index in [1.54, 1.807) is 18.2 Å². The smallest absolute Gasteiger partial charge is 0.171 e. The van der Waals surface area contributed by atoms with E-state index in [-0.39, 0.29) is 11.7 Å². The third-order valence-electron chi connectivity index (χ3n) is 3.53. The third kappa shape index (κ3) is 2.31. The van der Waals surface area contributed by atoms with E-state index < -0.39 is 0 Å². The second-order valence-corrected chi connectivity index (χ2v) is 5.69. The molecule has 1 unspecified atom stereocenters. The highest BCUT2D eigenvalue weighted by molar-refractivity contribution is 9.10. The maximum Gasteiger partial charge on any atom is 0.171 e. The van der Waals surface area contributed by atoms with Gasteiger partial charge in [0.15, 0.2) is 5.78 Å². The van der Waals surface area contributed by atoms with E-state index in [1.165, 1.54) is 0 Å². The molecule has 0 saturated heterocycles. The zero-order chi connectivity index (χ0) is 14.1. The summed E-state index contributed by atoms with van der Waals surface area (Å²) in [7, 11) is 0. The highest BCUT2D eigenvalue weighted by atomic mass is 79.9. The van der Waals surface area contributed by atoms with Crippen molar-refractivity contribution >= 4 is 27.4 Å². The van der Waals surface area contributed by atoms with Crippen LogP contribution in [0.5, 0.6) is 5.75 Å². The summed E-state index contributed by atoms with van der Waals surface area (Å²) in [6, 6.07) is 13.0. The second-order valence-electron chi connectivity index (χ2n) is 4.83. The van der Waals surface area contributed by atoms with Crippen LogP contribution in [0.3, 0.4) is 0 Å². The van der Waals surface area contributed by atoms with Gasteiger partial charge in [-0.1, -0.05) is 18.2 Å². The summed E-state index contributed by atoms with van der Waals surface area (Å²) >= 11 is 3.42. The number of hydrogen-bond acceptors (Lipinski definition) is 3. The Balaban J connectivity index is 2.00. The summed E-state index contributed by atoms with van der Waals surface area (Å²) in [5.41, 5.74) is 7.99. The fraction of sp³-hybridized carbons (Fsp3) is 0.188. The molecule has 1 atom stereocenters. The Morgan fingerprint density at radius 3 is 2.85 bits per heavy atom. The Labute approximate surface area is 125 Å². The van der Waals surface area contributed by atoms with Gasteiger partial charge in [-0.3, -0.25) is 4.79 Å². The molecule has 0 radical (unpaired) electrons. The monoisotopic (exact) mass is 331 g/mol. The van der Waals surface area contributed by atoms with Gasteiger partial charge in [0.25, 0.3) is 0 Å². The number of ketones is 1. The number of para-hydroxylation sites is 1. The highest BCUT2D eigenvalue weighted by Gasteiger charge is 2.29. The minimum atomic E-state index is -0.153. The van der Waals surface area contributed by atoms with Crippen LogP contribution in [0.25, 0.3) is 0 Å². The number of ether oxygens (including phenoxy) is 1. The van der Waals surface area contributed by atoms with Gasteiger partial charge in [-0.15, -0.1) is 0 Å². The molecule has 0 amide bonds. The minimum absolute atomic E-state index is 0.104. The Hall–Kier alpha value is -1.81. The number of anilines is 1. The fourth-order valence-corrected chi connectivity index (χ4v) is 3.13. The standard InChI is InChI=1S/C16H14BrNO2/c17-14-9-10(18)5-6-13(14)16(19)12-7-8-20-15-4-2-1-3-11(12)15/h1-6,9,12H,7-8,18H2. The van der Waals surface area contributed by atoms with E-state index in [4.69, 9.17) is 10.5 Å². The lowest BCUT2D eigenvalue weighted by molar-refractivity contribution is 0.0932. The maximum absolute atomic E-state index is 12.8. The van der Waals surface area contributed by atoms with E-state index in [0.717, 1.165) is 15.8 Å². The molecule has 3 nitrogen and oxygen atoms in total. The Morgan fingerprint density at radius 2 is 2.05 bits per heavy atom. The first-order valence-corrected chi connectivity index (χ1v) is 7.27. The van der Waals surface area contributed by atoms with Gasteiger partial charge in [0.05, 0.1) is 12.5 Å². The number of carbonyl (C=O) groups excluding carboxylic acids is 1. The van der Waals surface area contributed by atoms with Gasteiger partial charge in [-0.05, 0) is 46.6 Å². The van der Waals surface area contributed by atoms with E-state index >= 15 is 0 Å². The van der Waals surface area contributed by atoms with E-state index in [0.29, 0.717) is 24.3 Å². The zero-order valence-corrected chi connectivity index (χ0v) is 12.4. The Morgan fingerprint density at radius 1 is 1.25 bits per heavy atom. The first-order chi connectivity index (χ1) is 9.66. The van der Waals surface area contributed by atoms with Gasteiger partial charge in [-0.25, -0.2) is 0 Å². The van der Waals surface area contributed by atoms with Gasteiger partial charge in [0, 0.05) is 21.3 Å². The molecule has 0 spiro atoms. The predicted molar refractivity (Wildman–Crippen MR) is 82.2 cm³/mol. The molecule has 1 aliphatic heterocycles. The van der Waals surface area contributed by atoms with Gasteiger partial charge in [0.2, 0.25) is 0 Å². The van der Waals surface area contributed by atoms with Crippen LogP contribution in [0.2, 0.25) is 0 Å².